The number of hydrogen-bond donors (Lipinski definition) is 3. The first-order valence-electron chi connectivity index (χ1n) is 7.92. The van der Waals surface area contributed by atoms with Crippen LogP contribution in [0.5, 0.6) is 23.0 Å². The minimum absolute atomic E-state index is 0.0507. The van der Waals surface area contributed by atoms with Gasteiger partial charge in [0, 0.05) is 23.3 Å². The molecular weight excluding hydrogens is 306 g/mol. The minimum Gasteiger partial charge on any atom is -0.508 e. The molecular formula is C19H21NO4. The van der Waals surface area contributed by atoms with Gasteiger partial charge in [0.1, 0.15) is 11.5 Å². The first kappa shape index (κ1) is 16.2. The zero-order valence-electron chi connectivity index (χ0n) is 14.0. The molecule has 5 heteroatoms. The maximum absolute atomic E-state index is 10.2. The maximum Gasteiger partial charge on any atom is 0.231 e. The molecule has 0 saturated heterocycles. The van der Waals surface area contributed by atoms with E-state index in [-0.39, 0.29) is 35.8 Å². The average Bonchev–Trinajstić information content (AvgIpc) is 3.00. The lowest BCUT2D eigenvalue weighted by Crippen LogP contribution is -2.11. The van der Waals surface area contributed by atoms with Crippen molar-refractivity contribution in [3.8, 4) is 23.0 Å². The molecule has 0 radical (unpaired) electrons. The Bertz CT molecular complexity index is 798. The third-order valence-corrected chi connectivity index (χ3v) is 4.39. The Labute approximate surface area is 141 Å². The van der Waals surface area contributed by atoms with E-state index in [9.17, 15) is 10.2 Å². The molecule has 1 aliphatic heterocycles. The molecule has 1 heterocycles. The van der Waals surface area contributed by atoms with Crippen molar-refractivity contribution in [1.29, 1.82) is 5.41 Å². The molecule has 1 atom stereocenters. The fraction of sp³-hybridized carbons (Fsp3) is 0.316. The molecule has 0 bridgehead atoms. The van der Waals surface area contributed by atoms with Gasteiger partial charge in [-0.1, -0.05) is 26.8 Å². The van der Waals surface area contributed by atoms with E-state index < -0.39 is 0 Å². The second-order valence-corrected chi connectivity index (χ2v) is 6.33. The number of phenols is 2. The van der Waals surface area contributed by atoms with Crippen LogP contribution in [-0.2, 0) is 0 Å². The van der Waals surface area contributed by atoms with Gasteiger partial charge in [-0.15, -0.1) is 0 Å². The number of nitrogens with one attached hydrogen (secondary N) is 1. The number of hydrogen-bond acceptors (Lipinski definition) is 5. The van der Waals surface area contributed by atoms with E-state index in [1.54, 1.807) is 6.07 Å². The maximum atomic E-state index is 10.2. The molecule has 1 aliphatic rings. The van der Waals surface area contributed by atoms with Gasteiger partial charge in [-0.2, -0.15) is 0 Å². The highest BCUT2D eigenvalue weighted by molar-refractivity contribution is 6.05. The minimum atomic E-state index is -0.241. The number of rotatable bonds is 4. The molecule has 2 aromatic carbocycles. The average molecular weight is 327 g/mol. The largest absolute Gasteiger partial charge is 0.508 e. The van der Waals surface area contributed by atoms with Crippen molar-refractivity contribution >= 4 is 5.71 Å². The normalized spacial score (nSPS) is 14.0. The highest BCUT2D eigenvalue weighted by atomic mass is 16.7. The van der Waals surface area contributed by atoms with Crippen LogP contribution in [0.2, 0.25) is 0 Å². The number of phenolic OH excluding ortho intramolecular Hbond substituents is 2. The van der Waals surface area contributed by atoms with Crippen molar-refractivity contribution in [3.63, 3.8) is 0 Å². The van der Waals surface area contributed by atoms with E-state index in [1.165, 1.54) is 6.07 Å². The molecule has 0 aliphatic carbocycles. The van der Waals surface area contributed by atoms with Crippen molar-refractivity contribution in [2.75, 3.05) is 6.79 Å². The van der Waals surface area contributed by atoms with Crippen LogP contribution in [0.15, 0.2) is 30.3 Å². The van der Waals surface area contributed by atoms with Gasteiger partial charge in [0.25, 0.3) is 0 Å². The van der Waals surface area contributed by atoms with Crippen LogP contribution >= 0.6 is 0 Å². The molecule has 3 rings (SSSR count). The Morgan fingerprint density at radius 2 is 1.71 bits per heavy atom. The molecule has 1 unspecified atom stereocenters. The molecule has 5 nitrogen and oxygen atoms in total. The monoisotopic (exact) mass is 327 g/mol. The lowest BCUT2D eigenvalue weighted by molar-refractivity contribution is 0.174. The molecule has 0 fully saturated rings. The Hall–Kier alpha value is -2.69. The number of benzene rings is 2. The Morgan fingerprint density at radius 1 is 1.00 bits per heavy atom. The van der Waals surface area contributed by atoms with E-state index in [1.807, 2.05) is 39.0 Å². The summed E-state index contributed by atoms with van der Waals surface area (Å²) < 4.78 is 10.7. The molecule has 0 amide bonds. The van der Waals surface area contributed by atoms with Crippen molar-refractivity contribution in [3.05, 3.63) is 47.0 Å². The summed E-state index contributed by atoms with van der Waals surface area (Å²) in [6.45, 7) is 6.03. The second-order valence-electron chi connectivity index (χ2n) is 6.33. The summed E-state index contributed by atoms with van der Waals surface area (Å²) in [6, 6.07) is 8.60. The third-order valence-electron chi connectivity index (χ3n) is 4.39. The van der Waals surface area contributed by atoms with Gasteiger partial charge >= 0.3 is 0 Å². The van der Waals surface area contributed by atoms with Crippen LogP contribution in [0.1, 0.15) is 49.3 Å². The van der Waals surface area contributed by atoms with Gasteiger partial charge < -0.3 is 25.1 Å². The number of ether oxygens (including phenoxy) is 2. The van der Waals surface area contributed by atoms with E-state index in [2.05, 4.69) is 0 Å². The predicted molar refractivity (Wildman–Crippen MR) is 91.7 cm³/mol. The van der Waals surface area contributed by atoms with Gasteiger partial charge in [-0.25, -0.2) is 0 Å². The van der Waals surface area contributed by atoms with Gasteiger partial charge in [0.2, 0.25) is 6.79 Å². The molecule has 0 aromatic heterocycles. The lowest BCUT2D eigenvalue weighted by Gasteiger charge is -2.18. The molecule has 2 aromatic rings. The van der Waals surface area contributed by atoms with Crippen molar-refractivity contribution in [2.24, 2.45) is 0 Å². The zero-order chi connectivity index (χ0) is 17.4. The fourth-order valence-corrected chi connectivity index (χ4v) is 2.85. The summed E-state index contributed by atoms with van der Waals surface area (Å²) in [5, 5.41) is 28.6. The second kappa shape index (κ2) is 6.07. The van der Waals surface area contributed by atoms with Crippen LogP contribution in [0.25, 0.3) is 0 Å². The van der Waals surface area contributed by atoms with Crippen molar-refractivity contribution < 1.29 is 19.7 Å². The zero-order valence-corrected chi connectivity index (χ0v) is 14.0. The summed E-state index contributed by atoms with van der Waals surface area (Å²) in [4.78, 5) is 0. The number of fused-ring (bicyclic) bond motifs is 1. The summed E-state index contributed by atoms with van der Waals surface area (Å²) in [5.74, 6) is 1.19. The van der Waals surface area contributed by atoms with Crippen LogP contribution in [0.4, 0.5) is 0 Å². The van der Waals surface area contributed by atoms with Gasteiger partial charge in [0.15, 0.2) is 11.5 Å². The van der Waals surface area contributed by atoms with Crippen LogP contribution < -0.4 is 9.47 Å². The summed E-state index contributed by atoms with van der Waals surface area (Å²) >= 11 is 0. The molecule has 0 spiro atoms. The van der Waals surface area contributed by atoms with Gasteiger partial charge in [-0.3, -0.25) is 0 Å². The van der Waals surface area contributed by atoms with Gasteiger partial charge in [0.05, 0.1) is 0 Å². The highest BCUT2D eigenvalue weighted by Crippen LogP contribution is 2.37. The Morgan fingerprint density at radius 3 is 2.42 bits per heavy atom. The van der Waals surface area contributed by atoms with E-state index in [4.69, 9.17) is 14.9 Å². The third kappa shape index (κ3) is 2.77. The summed E-state index contributed by atoms with van der Waals surface area (Å²) in [7, 11) is 0. The number of aromatic hydroxyl groups is 2. The first-order chi connectivity index (χ1) is 11.4. The van der Waals surface area contributed by atoms with Crippen LogP contribution in [0.3, 0.4) is 0 Å². The molecule has 3 N–H and O–H groups in total. The fourth-order valence-electron chi connectivity index (χ4n) is 2.85. The predicted octanol–water partition coefficient (Wildman–Crippen LogP) is 4.12. The lowest BCUT2D eigenvalue weighted by atomic mass is 9.88. The Balaban J connectivity index is 1.95. The first-order valence-corrected chi connectivity index (χ1v) is 7.92. The quantitative estimate of drug-likeness (QED) is 0.738. The van der Waals surface area contributed by atoms with Crippen molar-refractivity contribution in [2.45, 2.75) is 32.6 Å². The van der Waals surface area contributed by atoms with Crippen molar-refractivity contribution in [1.82, 2.24) is 0 Å². The van der Waals surface area contributed by atoms with Crippen LogP contribution in [0, 0.1) is 5.41 Å². The van der Waals surface area contributed by atoms with E-state index in [0.717, 1.165) is 5.56 Å². The smallest absolute Gasteiger partial charge is 0.231 e. The standard InChI is InChI=1S/C19H21NO4/c1-10(2)13-7-14(16(22)8-15(13)21)19(20)11(3)12-4-5-17-18(6-12)24-9-23-17/h4-8,10-11,20-22H,9H2,1-3H3. The molecule has 126 valence electrons. The Kier molecular flexibility index (Phi) is 4.09. The summed E-state index contributed by atoms with van der Waals surface area (Å²) in [6.07, 6.45) is 0. The SMILES string of the molecule is CC(C)c1cc(C(=N)C(C)c2ccc3c(c2)OCO3)c(O)cc1O. The summed E-state index contributed by atoms with van der Waals surface area (Å²) in [5.41, 5.74) is 2.34. The highest BCUT2D eigenvalue weighted by Gasteiger charge is 2.22. The van der Waals surface area contributed by atoms with Gasteiger partial charge in [-0.05, 0) is 35.2 Å². The van der Waals surface area contributed by atoms with E-state index >= 15 is 0 Å². The van der Waals surface area contributed by atoms with Crippen LogP contribution in [-0.4, -0.2) is 22.7 Å². The van der Waals surface area contributed by atoms with E-state index in [0.29, 0.717) is 22.6 Å². The molecule has 24 heavy (non-hydrogen) atoms. The molecule has 0 saturated carbocycles. The topological polar surface area (TPSA) is 82.8 Å².